The quantitative estimate of drug-likeness (QED) is 0.340. The highest BCUT2D eigenvalue weighted by Gasteiger charge is 2.33. The van der Waals surface area contributed by atoms with Crippen LogP contribution in [0.2, 0.25) is 0 Å². The molecular weight excluding hydrogens is 464 g/mol. The molecule has 2 aromatic heterocycles. The second-order valence-corrected chi connectivity index (χ2v) is 9.77. The number of carbonyl (C=O) groups is 1. The van der Waals surface area contributed by atoms with Gasteiger partial charge in [-0.3, -0.25) is 14.8 Å². The molecule has 0 bridgehead atoms. The van der Waals surface area contributed by atoms with Crippen molar-refractivity contribution in [2.75, 3.05) is 27.2 Å². The predicted molar refractivity (Wildman–Crippen MR) is 143 cm³/mol. The molecule has 3 heterocycles. The average Bonchev–Trinajstić information content (AvgIpc) is 3.65. The van der Waals surface area contributed by atoms with Gasteiger partial charge in [0, 0.05) is 25.2 Å². The van der Waals surface area contributed by atoms with E-state index in [4.69, 9.17) is 9.15 Å². The van der Waals surface area contributed by atoms with Crippen LogP contribution >= 0.6 is 0 Å². The van der Waals surface area contributed by atoms with Gasteiger partial charge in [-0.1, -0.05) is 42.5 Å². The van der Waals surface area contributed by atoms with Crippen LogP contribution in [0.5, 0.6) is 5.75 Å². The van der Waals surface area contributed by atoms with Crippen LogP contribution in [0.25, 0.3) is 11.3 Å². The van der Waals surface area contributed by atoms with Gasteiger partial charge >= 0.3 is 0 Å². The first-order valence-corrected chi connectivity index (χ1v) is 12.9. The van der Waals surface area contributed by atoms with Crippen LogP contribution in [-0.2, 0) is 13.0 Å². The van der Waals surface area contributed by atoms with Crippen LogP contribution in [0.4, 0.5) is 0 Å². The molecule has 1 saturated heterocycles. The monoisotopic (exact) mass is 498 g/mol. The Morgan fingerprint density at radius 1 is 1.14 bits per heavy atom. The second kappa shape index (κ2) is 11.5. The zero-order chi connectivity index (χ0) is 25.6. The Bertz CT molecular complexity index is 1280. The number of benzene rings is 2. The molecule has 0 radical (unpaired) electrons. The van der Waals surface area contributed by atoms with E-state index in [2.05, 4.69) is 51.5 Å². The average molecular weight is 499 g/mol. The number of ether oxygens (including phenoxy) is 1. The maximum atomic E-state index is 13.2. The van der Waals surface area contributed by atoms with Crippen LogP contribution in [0.15, 0.2) is 83.6 Å². The lowest BCUT2D eigenvalue weighted by molar-refractivity contribution is 0.0556. The third-order valence-electron chi connectivity index (χ3n) is 7.48. The first-order valence-electron chi connectivity index (χ1n) is 12.9. The van der Waals surface area contributed by atoms with Gasteiger partial charge < -0.3 is 14.1 Å². The van der Waals surface area contributed by atoms with Crippen molar-refractivity contribution in [3.63, 3.8) is 0 Å². The van der Waals surface area contributed by atoms with Gasteiger partial charge in [-0.25, -0.2) is 0 Å². The van der Waals surface area contributed by atoms with Crippen molar-refractivity contribution in [3.05, 3.63) is 96.1 Å². The van der Waals surface area contributed by atoms with Crippen molar-refractivity contribution >= 4 is 5.91 Å². The van der Waals surface area contributed by atoms with Gasteiger partial charge in [-0.2, -0.15) is 5.10 Å². The summed E-state index contributed by atoms with van der Waals surface area (Å²) in [6.07, 6.45) is 6.29. The molecular formula is C30H34N4O3. The Morgan fingerprint density at radius 2 is 1.95 bits per heavy atom. The number of piperidine rings is 1. The lowest BCUT2D eigenvalue weighted by Gasteiger charge is -2.40. The number of furan rings is 1. The summed E-state index contributed by atoms with van der Waals surface area (Å²) in [5.41, 5.74) is 4.61. The number of methoxy groups -OCH3 is 1. The molecule has 0 aliphatic carbocycles. The van der Waals surface area contributed by atoms with Crippen molar-refractivity contribution < 1.29 is 13.9 Å². The molecule has 7 heteroatoms. The fourth-order valence-corrected chi connectivity index (χ4v) is 5.41. The van der Waals surface area contributed by atoms with E-state index in [1.54, 1.807) is 25.5 Å². The summed E-state index contributed by atoms with van der Waals surface area (Å²) < 4.78 is 10.9. The number of nitrogens with one attached hydrogen (secondary N) is 1. The van der Waals surface area contributed by atoms with E-state index in [1.165, 1.54) is 5.56 Å². The third kappa shape index (κ3) is 5.78. The highest BCUT2D eigenvalue weighted by atomic mass is 16.5. The summed E-state index contributed by atoms with van der Waals surface area (Å²) in [7, 11) is 3.59. The predicted octanol–water partition coefficient (Wildman–Crippen LogP) is 5.27. The van der Waals surface area contributed by atoms with Gasteiger partial charge in [-0.15, -0.1) is 0 Å². The number of likely N-dealkylation sites (tertiary alicyclic amines) is 1. The smallest absolute Gasteiger partial charge is 0.289 e. The summed E-state index contributed by atoms with van der Waals surface area (Å²) in [4.78, 5) is 17.6. The van der Waals surface area contributed by atoms with Gasteiger partial charge in [0.2, 0.25) is 0 Å². The highest BCUT2D eigenvalue weighted by Crippen LogP contribution is 2.30. The van der Waals surface area contributed by atoms with E-state index in [0.29, 0.717) is 11.7 Å². The summed E-state index contributed by atoms with van der Waals surface area (Å²) in [5.74, 6) is 1.51. The Hall–Kier alpha value is -3.84. The first-order chi connectivity index (χ1) is 18.1. The minimum Gasteiger partial charge on any atom is -0.497 e. The Balaban J connectivity index is 1.29. The van der Waals surface area contributed by atoms with Crippen molar-refractivity contribution in [2.24, 2.45) is 5.92 Å². The zero-order valence-electron chi connectivity index (χ0n) is 21.5. The fraction of sp³-hybridized carbons (Fsp3) is 0.333. The molecule has 7 nitrogen and oxygen atoms in total. The minimum atomic E-state index is -0.0776. The summed E-state index contributed by atoms with van der Waals surface area (Å²) >= 11 is 0. The molecule has 192 valence electrons. The van der Waals surface area contributed by atoms with Gasteiger partial charge in [0.1, 0.15) is 5.75 Å². The Morgan fingerprint density at radius 3 is 2.68 bits per heavy atom. The number of rotatable bonds is 9. The molecule has 1 N–H and O–H groups in total. The third-order valence-corrected chi connectivity index (χ3v) is 7.48. The number of H-pyrrole nitrogens is 1. The summed E-state index contributed by atoms with van der Waals surface area (Å²) in [6, 6.07) is 22.0. The van der Waals surface area contributed by atoms with Crippen LogP contribution in [0.1, 0.15) is 34.5 Å². The molecule has 1 unspecified atom stereocenters. The van der Waals surface area contributed by atoms with Crippen LogP contribution in [-0.4, -0.2) is 59.2 Å². The van der Waals surface area contributed by atoms with E-state index in [1.807, 2.05) is 36.3 Å². The minimum absolute atomic E-state index is 0.0562. The molecule has 37 heavy (non-hydrogen) atoms. The fourth-order valence-electron chi connectivity index (χ4n) is 5.41. The van der Waals surface area contributed by atoms with Crippen LogP contribution in [0.3, 0.4) is 0 Å². The van der Waals surface area contributed by atoms with Gasteiger partial charge in [0.05, 0.1) is 25.3 Å². The lowest BCUT2D eigenvalue weighted by atomic mass is 9.84. The number of aromatic amines is 1. The van der Waals surface area contributed by atoms with E-state index in [0.717, 1.165) is 61.5 Å². The van der Waals surface area contributed by atoms with Gasteiger partial charge in [0.25, 0.3) is 5.91 Å². The number of hydrogen-bond acceptors (Lipinski definition) is 5. The molecule has 1 aliphatic rings. The van der Waals surface area contributed by atoms with Crippen LogP contribution < -0.4 is 4.74 Å². The Labute approximate surface area is 218 Å². The van der Waals surface area contributed by atoms with E-state index < -0.39 is 0 Å². The molecule has 1 amide bonds. The van der Waals surface area contributed by atoms with Gasteiger partial charge in [-0.05, 0) is 73.7 Å². The molecule has 2 aromatic carbocycles. The SMILES string of the molecule is COc1cccc(CC(C2CCN(Cc3cn[nH]c3-c3ccccc3)CC2)N(C)C(=O)c2ccco2)c1. The normalized spacial score (nSPS) is 15.4. The molecule has 1 fully saturated rings. The molecule has 5 rings (SSSR count). The molecule has 0 spiro atoms. The second-order valence-electron chi connectivity index (χ2n) is 9.77. The Kier molecular flexibility index (Phi) is 7.70. The number of aromatic nitrogens is 2. The number of hydrogen-bond donors (Lipinski definition) is 1. The zero-order valence-corrected chi connectivity index (χ0v) is 21.5. The molecule has 1 atom stereocenters. The largest absolute Gasteiger partial charge is 0.497 e. The number of likely N-dealkylation sites (N-methyl/N-ethyl adjacent to an activating group) is 1. The first kappa shape index (κ1) is 24.8. The molecule has 1 aliphatic heterocycles. The highest BCUT2D eigenvalue weighted by molar-refractivity contribution is 5.91. The number of amides is 1. The number of nitrogens with zero attached hydrogens (tertiary/aromatic N) is 3. The standard InChI is InChI=1S/C30H34N4O3/c1-33(30(35)28-12-7-17-37-28)27(19-22-8-6-11-26(18-22)36-2)23-13-15-34(16-14-23)21-25-20-31-32-29(25)24-9-4-3-5-10-24/h3-12,17-18,20,23,27H,13-16,19,21H2,1-2H3,(H,31,32). The molecule has 0 saturated carbocycles. The molecule has 4 aromatic rings. The maximum Gasteiger partial charge on any atom is 0.289 e. The number of carbonyl (C=O) groups excluding carboxylic acids is 1. The van der Waals surface area contributed by atoms with E-state index in [-0.39, 0.29) is 11.9 Å². The topological polar surface area (TPSA) is 74.6 Å². The van der Waals surface area contributed by atoms with Crippen LogP contribution in [0, 0.1) is 5.92 Å². The van der Waals surface area contributed by atoms with Crippen molar-refractivity contribution in [1.82, 2.24) is 20.0 Å². The van der Waals surface area contributed by atoms with E-state index >= 15 is 0 Å². The van der Waals surface area contributed by atoms with Crippen molar-refractivity contribution in [1.29, 1.82) is 0 Å². The van der Waals surface area contributed by atoms with Crippen molar-refractivity contribution in [2.45, 2.75) is 31.8 Å². The van der Waals surface area contributed by atoms with E-state index in [9.17, 15) is 4.79 Å². The van der Waals surface area contributed by atoms with Gasteiger partial charge in [0.15, 0.2) is 5.76 Å². The van der Waals surface area contributed by atoms with Crippen molar-refractivity contribution in [3.8, 4) is 17.0 Å². The summed E-state index contributed by atoms with van der Waals surface area (Å²) in [6.45, 7) is 2.80. The maximum absolute atomic E-state index is 13.2. The lowest BCUT2D eigenvalue weighted by Crippen LogP contribution is -2.47. The summed E-state index contributed by atoms with van der Waals surface area (Å²) in [5, 5.41) is 7.50.